The molecule has 1 aliphatic rings. The summed E-state index contributed by atoms with van der Waals surface area (Å²) >= 11 is 0. The number of H-pyrrole nitrogens is 1. The lowest BCUT2D eigenvalue weighted by Crippen LogP contribution is -2.45. The molecule has 0 fully saturated rings. The molecule has 0 aliphatic carbocycles. The number of hydrogen-bond acceptors (Lipinski definition) is 6. The van der Waals surface area contributed by atoms with Crippen LogP contribution in [-0.4, -0.2) is 71.9 Å². The number of benzene rings is 2. The van der Waals surface area contributed by atoms with E-state index >= 15 is 0 Å². The number of amides is 4. The van der Waals surface area contributed by atoms with Gasteiger partial charge in [0.15, 0.2) is 11.9 Å². The van der Waals surface area contributed by atoms with Crippen LogP contribution in [0, 0.1) is 27.7 Å². The minimum Gasteiger partial charge on any atom is -0.480 e. The number of likely N-dealkylation sites (N-methyl/N-ethyl adjacent to an activating group) is 2. The zero-order valence-corrected chi connectivity index (χ0v) is 26.5. The second-order valence-electron chi connectivity index (χ2n) is 11.7. The first-order valence-corrected chi connectivity index (χ1v) is 14.4. The highest BCUT2D eigenvalue weighted by Gasteiger charge is 2.38. The van der Waals surface area contributed by atoms with Crippen LogP contribution in [0.4, 0.5) is 15.3 Å². The quantitative estimate of drug-likeness (QED) is 0.244. The number of carbonyl (C=O) groups excluding carboxylic acids is 4. The van der Waals surface area contributed by atoms with E-state index in [1.165, 1.54) is 14.7 Å². The third-order valence-electron chi connectivity index (χ3n) is 7.43. The number of nitrogens with zero attached hydrogens (tertiary/aromatic N) is 3. The Hall–Kier alpha value is -4.86. The van der Waals surface area contributed by atoms with Gasteiger partial charge in [-0.1, -0.05) is 18.2 Å². The molecule has 0 spiro atoms. The Kier molecular flexibility index (Phi) is 8.89. The molecule has 0 unspecified atom stereocenters. The van der Waals surface area contributed by atoms with Gasteiger partial charge in [0.25, 0.3) is 5.91 Å². The van der Waals surface area contributed by atoms with Crippen LogP contribution < -0.4 is 9.64 Å². The molecule has 4 rings (SSSR count). The third kappa shape index (κ3) is 6.85. The highest BCUT2D eigenvalue weighted by Crippen LogP contribution is 2.38. The maximum absolute atomic E-state index is 13.5. The molecule has 10 nitrogen and oxygen atoms in total. The van der Waals surface area contributed by atoms with Crippen LogP contribution in [0.5, 0.6) is 5.75 Å². The number of anilines is 1. The van der Waals surface area contributed by atoms with E-state index in [0.29, 0.717) is 22.6 Å². The lowest BCUT2D eigenvalue weighted by Gasteiger charge is -2.26. The van der Waals surface area contributed by atoms with Crippen LogP contribution in [0.15, 0.2) is 42.5 Å². The van der Waals surface area contributed by atoms with Gasteiger partial charge >= 0.3 is 12.1 Å². The van der Waals surface area contributed by atoms with Crippen molar-refractivity contribution in [3.8, 4) is 5.75 Å². The van der Waals surface area contributed by atoms with Crippen molar-refractivity contribution in [2.24, 2.45) is 0 Å². The lowest BCUT2D eigenvalue weighted by atomic mass is 10.0. The molecule has 4 amide bonds. The van der Waals surface area contributed by atoms with Gasteiger partial charge in [-0.15, -0.1) is 0 Å². The fraction of sp³-hybridized carbons (Fsp3) is 0.353. The molecule has 0 atom stereocenters. The second-order valence-corrected chi connectivity index (χ2v) is 11.7. The topological polar surface area (TPSA) is 112 Å². The smallest absolute Gasteiger partial charge is 0.409 e. The number of urea groups is 1. The first-order chi connectivity index (χ1) is 21.1. The average Bonchev–Trinajstić information content (AvgIpc) is 3.45. The average molecular weight is 603 g/mol. The van der Waals surface area contributed by atoms with Crippen molar-refractivity contribution in [2.75, 3.05) is 32.1 Å². The van der Waals surface area contributed by atoms with Gasteiger partial charge in [-0.25, -0.2) is 14.5 Å². The molecule has 1 aromatic heterocycles. The first-order valence-electron chi connectivity index (χ1n) is 14.9. The molecule has 0 radical (unpaired) electrons. The van der Waals surface area contributed by atoms with Crippen molar-refractivity contribution in [3.63, 3.8) is 0 Å². The number of rotatable bonds is 9. The fourth-order valence-electron chi connectivity index (χ4n) is 5.09. The van der Waals surface area contributed by atoms with Crippen molar-refractivity contribution in [1.82, 2.24) is 14.8 Å². The van der Waals surface area contributed by atoms with Crippen molar-refractivity contribution >= 4 is 41.6 Å². The molecule has 2 aromatic carbocycles. The summed E-state index contributed by atoms with van der Waals surface area (Å²) in [5, 5.41) is 0. The summed E-state index contributed by atoms with van der Waals surface area (Å²) in [6.45, 7) is 11.0. The minimum absolute atomic E-state index is 0.00859. The van der Waals surface area contributed by atoms with Gasteiger partial charge in [-0.3, -0.25) is 9.59 Å². The third-order valence-corrected chi connectivity index (χ3v) is 7.43. The summed E-state index contributed by atoms with van der Waals surface area (Å²) in [7, 11) is 3.16. The Balaban J connectivity index is 1.37. The summed E-state index contributed by atoms with van der Waals surface area (Å²) in [4.78, 5) is 58.6. The van der Waals surface area contributed by atoms with Crippen molar-refractivity contribution < 1.29 is 30.0 Å². The molecule has 1 N–H and O–H groups in total. The van der Waals surface area contributed by atoms with Gasteiger partial charge in [0.05, 0.1) is 11.3 Å². The summed E-state index contributed by atoms with van der Waals surface area (Å²) in [5.74, 6) is 0.0982. The van der Waals surface area contributed by atoms with E-state index in [1.807, 2.05) is 45.9 Å². The number of aromatic amines is 1. The van der Waals surface area contributed by atoms with E-state index in [2.05, 4.69) is 4.98 Å². The van der Waals surface area contributed by atoms with Crippen molar-refractivity contribution in [3.05, 3.63) is 81.7 Å². The molecular weight excluding hydrogens is 560 g/mol. The van der Waals surface area contributed by atoms with Gasteiger partial charge in [-0.2, -0.15) is 0 Å². The molecule has 0 saturated heterocycles. The minimum atomic E-state index is -1.29. The Bertz CT molecular complexity index is 1670. The summed E-state index contributed by atoms with van der Waals surface area (Å²) in [6, 6.07) is 12.3. The molecular formula is C34H40N4O6. The van der Waals surface area contributed by atoms with Crippen LogP contribution >= 0.6 is 0 Å². The van der Waals surface area contributed by atoms with Crippen LogP contribution in [0.1, 0.15) is 54.4 Å². The number of nitrogens with one attached hydrogen (secondary N) is 1. The van der Waals surface area contributed by atoms with E-state index in [-0.39, 0.29) is 19.7 Å². The van der Waals surface area contributed by atoms with E-state index in [9.17, 15) is 19.2 Å². The molecule has 1 aliphatic heterocycles. The highest BCUT2D eigenvalue weighted by molar-refractivity contribution is 6.41. The number of para-hydroxylation sites is 1. The molecule has 44 heavy (non-hydrogen) atoms. The Labute approximate surface area is 259 Å². The maximum atomic E-state index is 13.5. The molecule has 0 saturated carbocycles. The number of hydrogen-bond donors (Lipinski definition) is 1. The molecule has 2 heterocycles. The van der Waals surface area contributed by atoms with Crippen LogP contribution in [0.3, 0.4) is 0 Å². The molecule has 3 aromatic rings. The number of ether oxygens (including phenoxy) is 2. The number of imide groups is 1. The SMILES string of the molecule is [3H]C(=O)C(C)(C)Oc1c(C)cc(COC(=O)N(C)CCN(C)C(=O)N2C(=O)/C(=C\c3[nH]c(C)cc3C)c3ccccc32)cc1C. The first kappa shape index (κ1) is 30.6. The number of aryl methyl sites for hydroxylation is 4. The van der Waals surface area contributed by atoms with Crippen molar-refractivity contribution in [1.29, 1.82) is 0 Å². The van der Waals surface area contributed by atoms with E-state index < -0.39 is 29.9 Å². The second kappa shape index (κ2) is 12.8. The maximum Gasteiger partial charge on any atom is 0.409 e. The Morgan fingerprint density at radius 2 is 1.64 bits per heavy atom. The number of fused-ring (bicyclic) bond motifs is 1. The largest absolute Gasteiger partial charge is 0.480 e. The zero-order chi connectivity index (χ0) is 33.2. The summed E-state index contributed by atoms with van der Waals surface area (Å²) in [5.41, 5.74) is 5.35. The normalized spacial score (nSPS) is 13.9. The molecule has 0 bridgehead atoms. The Morgan fingerprint density at radius 1 is 1.00 bits per heavy atom. The number of aromatic nitrogens is 1. The van der Waals surface area contributed by atoms with E-state index in [1.54, 1.807) is 58.3 Å². The fourth-order valence-corrected chi connectivity index (χ4v) is 5.09. The van der Waals surface area contributed by atoms with Crippen LogP contribution in [0.25, 0.3) is 11.6 Å². The predicted octanol–water partition coefficient (Wildman–Crippen LogP) is 5.81. The van der Waals surface area contributed by atoms with Crippen LogP contribution in [0.2, 0.25) is 0 Å². The summed E-state index contributed by atoms with van der Waals surface area (Å²) in [6.07, 6.45) is 0.381. The standard InChI is InChI=1S/C34H40N4O6/c1-21-15-24(4)35-28(21)18-27-26-11-9-10-12-29(26)38(31(27)40)32(41)36(7)13-14-37(8)33(42)43-19-25-16-22(2)30(23(3)17-25)44-34(5,6)20-39/h9-12,15-18,20,35H,13-14,19H2,1-8H3/b27-18-/i20T. The Morgan fingerprint density at radius 3 is 2.25 bits per heavy atom. The molecule has 10 heteroatoms. The zero-order valence-electron chi connectivity index (χ0n) is 27.5. The number of carbonyl (C=O) groups is 4. The van der Waals surface area contributed by atoms with Crippen LogP contribution in [-0.2, 0) is 20.9 Å². The molecule has 232 valence electrons. The van der Waals surface area contributed by atoms with Gasteiger partial charge in [0.1, 0.15) is 13.7 Å². The monoisotopic (exact) mass is 602 g/mol. The lowest BCUT2D eigenvalue weighted by molar-refractivity contribution is -0.119. The van der Waals surface area contributed by atoms with E-state index in [4.69, 9.17) is 10.8 Å². The van der Waals surface area contributed by atoms with Gasteiger partial charge in [0, 0.05) is 44.1 Å². The summed E-state index contributed by atoms with van der Waals surface area (Å²) < 4.78 is 18.7. The predicted molar refractivity (Wildman–Crippen MR) is 170 cm³/mol. The van der Waals surface area contributed by atoms with E-state index in [0.717, 1.165) is 33.6 Å². The highest BCUT2D eigenvalue weighted by atomic mass is 16.6. The van der Waals surface area contributed by atoms with Gasteiger partial charge < -0.3 is 24.3 Å². The number of aldehydes is 1. The van der Waals surface area contributed by atoms with Crippen molar-refractivity contribution in [2.45, 2.75) is 53.8 Å². The van der Waals surface area contributed by atoms with Gasteiger partial charge in [0.2, 0.25) is 0 Å². The van der Waals surface area contributed by atoms with Gasteiger partial charge in [-0.05, 0) is 94.1 Å².